The first-order valence-electron chi connectivity index (χ1n) is 8.94. The van der Waals surface area contributed by atoms with E-state index >= 15 is 0 Å². The van der Waals surface area contributed by atoms with Crippen molar-refractivity contribution in [3.63, 3.8) is 0 Å². The first kappa shape index (κ1) is 19.9. The molecule has 1 aromatic heterocycles. The summed E-state index contributed by atoms with van der Waals surface area (Å²) in [6, 6.07) is 12.4. The lowest BCUT2D eigenvalue weighted by atomic mass is 10.1. The Balaban J connectivity index is 2.11. The van der Waals surface area contributed by atoms with Crippen molar-refractivity contribution in [2.45, 2.75) is 33.1 Å². The zero-order chi connectivity index (χ0) is 20.3. The molecule has 28 heavy (non-hydrogen) atoms. The summed E-state index contributed by atoms with van der Waals surface area (Å²) in [6.45, 7) is 5.40. The van der Waals surface area contributed by atoms with Crippen molar-refractivity contribution in [2.24, 2.45) is 5.10 Å². The monoisotopic (exact) mass is 441 g/mol. The first-order valence-corrected chi connectivity index (χ1v) is 9.73. The number of carbonyl (C=O) groups is 1. The third-order valence-corrected chi connectivity index (χ3v) is 4.82. The Bertz CT molecular complexity index is 1120. The number of rotatable bonds is 5. The number of carbonyl (C=O) groups excluding carboxylic acids is 1. The van der Waals surface area contributed by atoms with Crippen LogP contribution in [0.25, 0.3) is 10.9 Å². The zero-order valence-electron chi connectivity index (χ0n) is 15.8. The number of benzene rings is 2. The lowest BCUT2D eigenvalue weighted by molar-refractivity contribution is -0.131. The molecule has 0 fully saturated rings. The summed E-state index contributed by atoms with van der Waals surface area (Å²) in [6.07, 6.45) is 2.39. The van der Waals surface area contributed by atoms with Crippen LogP contribution >= 0.6 is 15.9 Å². The number of halogens is 1. The van der Waals surface area contributed by atoms with Gasteiger partial charge in [0, 0.05) is 17.3 Å². The van der Waals surface area contributed by atoms with Crippen LogP contribution in [-0.4, -0.2) is 21.8 Å². The summed E-state index contributed by atoms with van der Waals surface area (Å²) in [4.78, 5) is 28.9. The van der Waals surface area contributed by atoms with Gasteiger partial charge in [0.15, 0.2) is 0 Å². The van der Waals surface area contributed by atoms with E-state index in [1.54, 1.807) is 30.5 Å². The van der Waals surface area contributed by atoms with Crippen LogP contribution in [0.5, 0.6) is 5.75 Å². The Morgan fingerprint density at radius 1 is 1.32 bits per heavy atom. The van der Waals surface area contributed by atoms with E-state index in [9.17, 15) is 9.59 Å². The Kier molecular flexibility index (Phi) is 6.04. The van der Waals surface area contributed by atoms with Crippen LogP contribution in [-0.2, 0) is 4.79 Å². The highest BCUT2D eigenvalue weighted by Crippen LogP contribution is 2.21. The maximum Gasteiger partial charge on any atom is 0.308 e. The summed E-state index contributed by atoms with van der Waals surface area (Å²) in [7, 11) is 0. The predicted molar refractivity (Wildman–Crippen MR) is 113 cm³/mol. The summed E-state index contributed by atoms with van der Waals surface area (Å²) in [5.74, 6) is 0.695. The van der Waals surface area contributed by atoms with E-state index in [1.165, 1.54) is 11.6 Å². The van der Waals surface area contributed by atoms with Crippen molar-refractivity contribution in [3.8, 4) is 5.75 Å². The topological polar surface area (TPSA) is 73.6 Å². The SMILES string of the molecule is CC[C@@H](C)c1nc2ccc(Br)cc2c(=O)n1N=Cc1cccc(OC(C)=O)c1. The van der Waals surface area contributed by atoms with Gasteiger partial charge in [0.2, 0.25) is 0 Å². The van der Waals surface area contributed by atoms with E-state index in [0.717, 1.165) is 10.9 Å². The smallest absolute Gasteiger partial charge is 0.308 e. The minimum atomic E-state index is -0.395. The van der Waals surface area contributed by atoms with Gasteiger partial charge in [0.05, 0.1) is 17.1 Å². The molecule has 2 aromatic carbocycles. The van der Waals surface area contributed by atoms with Crippen LogP contribution in [0.15, 0.2) is 56.8 Å². The molecule has 3 aromatic rings. The van der Waals surface area contributed by atoms with Crippen molar-refractivity contribution in [2.75, 3.05) is 0 Å². The van der Waals surface area contributed by atoms with Gasteiger partial charge in [-0.2, -0.15) is 9.78 Å². The molecule has 0 saturated carbocycles. The van der Waals surface area contributed by atoms with Gasteiger partial charge in [-0.15, -0.1) is 0 Å². The number of nitrogens with zero attached hydrogens (tertiary/aromatic N) is 3. The molecule has 7 heteroatoms. The number of hydrogen-bond acceptors (Lipinski definition) is 5. The van der Waals surface area contributed by atoms with E-state index in [0.29, 0.717) is 28.0 Å². The Morgan fingerprint density at radius 2 is 2.11 bits per heavy atom. The van der Waals surface area contributed by atoms with Crippen LogP contribution in [0.1, 0.15) is 44.5 Å². The van der Waals surface area contributed by atoms with E-state index in [-0.39, 0.29) is 11.5 Å². The molecular weight excluding hydrogens is 422 g/mol. The maximum atomic E-state index is 13.1. The van der Waals surface area contributed by atoms with Crippen molar-refractivity contribution >= 4 is 39.0 Å². The number of hydrogen-bond donors (Lipinski definition) is 0. The molecule has 0 unspecified atom stereocenters. The fourth-order valence-corrected chi connectivity index (χ4v) is 3.09. The molecule has 1 heterocycles. The van der Waals surface area contributed by atoms with Crippen molar-refractivity contribution in [3.05, 3.63) is 68.7 Å². The van der Waals surface area contributed by atoms with E-state index in [4.69, 9.17) is 4.74 Å². The fourth-order valence-electron chi connectivity index (χ4n) is 2.73. The average molecular weight is 442 g/mol. The maximum absolute atomic E-state index is 13.1. The highest BCUT2D eigenvalue weighted by molar-refractivity contribution is 9.10. The van der Waals surface area contributed by atoms with Gasteiger partial charge in [-0.1, -0.05) is 41.9 Å². The highest BCUT2D eigenvalue weighted by atomic mass is 79.9. The number of esters is 1. The molecule has 3 rings (SSSR count). The standard InChI is InChI=1S/C21H20BrN3O3/c1-4-13(2)20-24-19-9-8-16(22)11-18(19)21(27)25(20)23-12-15-6-5-7-17(10-15)28-14(3)26/h5-13H,4H2,1-3H3/t13-/m1/s1. The molecule has 0 saturated heterocycles. The first-order chi connectivity index (χ1) is 13.4. The second-order valence-electron chi connectivity index (χ2n) is 6.47. The Morgan fingerprint density at radius 3 is 2.82 bits per heavy atom. The molecule has 6 nitrogen and oxygen atoms in total. The van der Waals surface area contributed by atoms with Gasteiger partial charge in [-0.3, -0.25) is 9.59 Å². The summed E-state index contributed by atoms with van der Waals surface area (Å²) in [5.41, 5.74) is 1.12. The molecule has 0 aliphatic rings. The Labute approximate surface area is 171 Å². The van der Waals surface area contributed by atoms with Gasteiger partial charge >= 0.3 is 5.97 Å². The van der Waals surface area contributed by atoms with Gasteiger partial charge in [0.25, 0.3) is 5.56 Å². The molecule has 0 radical (unpaired) electrons. The summed E-state index contributed by atoms with van der Waals surface area (Å²) in [5, 5.41) is 4.90. The van der Waals surface area contributed by atoms with Gasteiger partial charge < -0.3 is 4.74 Å². The van der Waals surface area contributed by atoms with Crippen LogP contribution in [0, 0.1) is 0 Å². The molecule has 0 amide bonds. The normalized spacial score (nSPS) is 12.4. The number of fused-ring (bicyclic) bond motifs is 1. The highest BCUT2D eigenvalue weighted by Gasteiger charge is 2.15. The van der Waals surface area contributed by atoms with Gasteiger partial charge in [0.1, 0.15) is 11.6 Å². The van der Waals surface area contributed by atoms with Crippen molar-refractivity contribution in [1.29, 1.82) is 0 Å². The fraction of sp³-hybridized carbons (Fsp3) is 0.238. The van der Waals surface area contributed by atoms with Crippen molar-refractivity contribution < 1.29 is 9.53 Å². The molecule has 0 N–H and O–H groups in total. The van der Waals surface area contributed by atoms with Crippen LogP contribution in [0.2, 0.25) is 0 Å². The summed E-state index contributed by atoms with van der Waals surface area (Å²) >= 11 is 3.40. The van der Waals surface area contributed by atoms with Crippen molar-refractivity contribution in [1.82, 2.24) is 9.66 Å². The quantitative estimate of drug-likeness (QED) is 0.332. The molecular formula is C21H20BrN3O3. The van der Waals surface area contributed by atoms with E-state index in [1.807, 2.05) is 32.0 Å². The summed E-state index contributed by atoms with van der Waals surface area (Å²) < 4.78 is 7.25. The molecule has 0 spiro atoms. The predicted octanol–water partition coefficient (Wildman–Crippen LogP) is 4.48. The molecule has 1 atom stereocenters. The van der Waals surface area contributed by atoms with E-state index < -0.39 is 5.97 Å². The molecule has 0 aliphatic heterocycles. The second kappa shape index (κ2) is 8.48. The zero-order valence-corrected chi connectivity index (χ0v) is 17.4. The minimum absolute atomic E-state index is 0.0604. The molecule has 0 bridgehead atoms. The van der Waals surface area contributed by atoms with Crippen LogP contribution in [0.3, 0.4) is 0 Å². The lowest BCUT2D eigenvalue weighted by Gasteiger charge is -2.14. The number of aromatic nitrogens is 2. The third-order valence-electron chi connectivity index (χ3n) is 4.33. The second-order valence-corrected chi connectivity index (χ2v) is 7.38. The molecule has 144 valence electrons. The average Bonchev–Trinajstić information content (AvgIpc) is 2.66. The minimum Gasteiger partial charge on any atom is -0.427 e. The molecule has 0 aliphatic carbocycles. The van der Waals surface area contributed by atoms with Gasteiger partial charge in [-0.05, 0) is 42.3 Å². The number of ether oxygens (including phenoxy) is 1. The third kappa shape index (κ3) is 4.36. The Hall–Kier alpha value is -2.80. The lowest BCUT2D eigenvalue weighted by Crippen LogP contribution is -2.23. The van der Waals surface area contributed by atoms with Crippen LogP contribution in [0.4, 0.5) is 0 Å². The largest absolute Gasteiger partial charge is 0.427 e. The van der Waals surface area contributed by atoms with Crippen LogP contribution < -0.4 is 10.3 Å². The van der Waals surface area contributed by atoms with Gasteiger partial charge in [-0.25, -0.2) is 4.98 Å². The van der Waals surface area contributed by atoms with E-state index in [2.05, 4.69) is 26.0 Å².